The lowest BCUT2D eigenvalue weighted by atomic mass is 9.89. The Hall–Kier alpha value is -2.66. The van der Waals surface area contributed by atoms with Gasteiger partial charge in [0, 0.05) is 19.1 Å². The summed E-state index contributed by atoms with van der Waals surface area (Å²) in [4.78, 5) is 6.57. The molecular formula is C20H22N4O. The van der Waals surface area contributed by atoms with Crippen LogP contribution in [-0.4, -0.2) is 33.3 Å². The maximum absolute atomic E-state index is 5.40. The lowest BCUT2D eigenvalue weighted by molar-refractivity contribution is 0.163. The molecule has 1 aliphatic rings. The Labute approximate surface area is 147 Å². The summed E-state index contributed by atoms with van der Waals surface area (Å²) in [7, 11) is 1.72. The summed E-state index contributed by atoms with van der Waals surface area (Å²) >= 11 is 0. The van der Waals surface area contributed by atoms with Gasteiger partial charge in [-0.15, -0.1) is 0 Å². The SMILES string of the molecule is COc1ccc2c(c1)CN(CCn1cncn1)C(c1ccccc1)C2. The van der Waals surface area contributed by atoms with Crippen molar-refractivity contribution in [3.8, 4) is 5.75 Å². The van der Waals surface area contributed by atoms with Crippen molar-refractivity contribution in [2.24, 2.45) is 0 Å². The normalized spacial score (nSPS) is 17.2. The zero-order chi connectivity index (χ0) is 17.1. The fourth-order valence-corrected chi connectivity index (χ4v) is 3.56. The van der Waals surface area contributed by atoms with Crippen molar-refractivity contribution in [3.63, 3.8) is 0 Å². The number of fused-ring (bicyclic) bond motifs is 1. The van der Waals surface area contributed by atoms with Crippen molar-refractivity contribution >= 4 is 0 Å². The van der Waals surface area contributed by atoms with E-state index >= 15 is 0 Å². The number of hydrogen-bond acceptors (Lipinski definition) is 4. The molecule has 0 radical (unpaired) electrons. The van der Waals surface area contributed by atoms with E-state index in [-0.39, 0.29) is 0 Å². The van der Waals surface area contributed by atoms with Gasteiger partial charge in [-0.2, -0.15) is 5.10 Å². The molecule has 0 fully saturated rings. The van der Waals surface area contributed by atoms with Crippen LogP contribution >= 0.6 is 0 Å². The van der Waals surface area contributed by atoms with Crippen LogP contribution < -0.4 is 4.74 Å². The van der Waals surface area contributed by atoms with E-state index in [9.17, 15) is 0 Å². The highest BCUT2D eigenvalue weighted by Gasteiger charge is 2.27. The summed E-state index contributed by atoms with van der Waals surface area (Å²) in [6.45, 7) is 2.68. The minimum Gasteiger partial charge on any atom is -0.497 e. The molecule has 128 valence electrons. The smallest absolute Gasteiger partial charge is 0.137 e. The second kappa shape index (κ2) is 7.07. The molecule has 0 spiro atoms. The predicted molar refractivity (Wildman–Crippen MR) is 96.3 cm³/mol. The Morgan fingerprint density at radius 3 is 2.72 bits per heavy atom. The molecule has 0 saturated heterocycles. The predicted octanol–water partition coefficient (Wildman–Crippen LogP) is 3.09. The van der Waals surface area contributed by atoms with Gasteiger partial charge in [0.2, 0.25) is 0 Å². The average Bonchev–Trinajstić information content (AvgIpc) is 3.19. The first kappa shape index (κ1) is 15.8. The Bertz CT molecular complexity index is 817. The van der Waals surface area contributed by atoms with E-state index < -0.39 is 0 Å². The first-order chi connectivity index (χ1) is 12.3. The van der Waals surface area contributed by atoms with Gasteiger partial charge in [0.1, 0.15) is 18.4 Å². The van der Waals surface area contributed by atoms with Crippen molar-refractivity contribution in [2.75, 3.05) is 13.7 Å². The summed E-state index contributed by atoms with van der Waals surface area (Å²) in [5.41, 5.74) is 4.12. The van der Waals surface area contributed by atoms with Crippen molar-refractivity contribution in [2.45, 2.75) is 25.6 Å². The van der Waals surface area contributed by atoms with Crippen LogP contribution in [0.15, 0.2) is 61.2 Å². The molecular weight excluding hydrogens is 312 g/mol. The third-order valence-electron chi connectivity index (χ3n) is 4.91. The third kappa shape index (κ3) is 3.42. The summed E-state index contributed by atoms with van der Waals surface area (Å²) in [6.07, 6.45) is 4.38. The number of aromatic nitrogens is 3. The molecule has 0 N–H and O–H groups in total. The van der Waals surface area contributed by atoms with Gasteiger partial charge in [-0.1, -0.05) is 36.4 Å². The number of rotatable bonds is 5. The highest BCUT2D eigenvalue weighted by molar-refractivity contribution is 5.39. The monoisotopic (exact) mass is 334 g/mol. The van der Waals surface area contributed by atoms with Crippen LogP contribution in [0.2, 0.25) is 0 Å². The van der Waals surface area contributed by atoms with Crippen LogP contribution in [0.4, 0.5) is 0 Å². The van der Waals surface area contributed by atoms with Crippen LogP contribution in [0.25, 0.3) is 0 Å². The zero-order valence-electron chi connectivity index (χ0n) is 14.4. The molecule has 5 nitrogen and oxygen atoms in total. The Kier molecular flexibility index (Phi) is 4.48. The minimum atomic E-state index is 0.380. The molecule has 1 aromatic heterocycles. The second-order valence-corrected chi connectivity index (χ2v) is 6.39. The van der Waals surface area contributed by atoms with Gasteiger partial charge in [-0.3, -0.25) is 9.58 Å². The van der Waals surface area contributed by atoms with Gasteiger partial charge >= 0.3 is 0 Å². The minimum absolute atomic E-state index is 0.380. The van der Waals surface area contributed by atoms with Crippen molar-refractivity contribution in [3.05, 3.63) is 77.9 Å². The molecule has 1 aliphatic heterocycles. The van der Waals surface area contributed by atoms with Gasteiger partial charge in [-0.25, -0.2) is 4.98 Å². The van der Waals surface area contributed by atoms with Crippen molar-refractivity contribution < 1.29 is 4.74 Å². The fourth-order valence-electron chi connectivity index (χ4n) is 3.56. The number of hydrogen-bond donors (Lipinski definition) is 0. The molecule has 5 heteroatoms. The second-order valence-electron chi connectivity index (χ2n) is 6.39. The molecule has 0 bridgehead atoms. The quantitative estimate of drug-likeness (QED) is 0.719. The molecule has 1 unspecified atom stereocenters. The molecule has 1 atom stereocenters. The van der Waals surface area contributed by atoms with Gasteiger partial charge in [-0.05, 0) is 35.2 Å². The van der Waals surface area contributed by atoms with E-state index in [0.717, 1.165) is 31.8 Å². The standard InChI is InChI=1S/C20H22N4O/c1-25-19-8-7-17-12-20(16-5-3-2-4-6-16)23(13-18(17)11-19)9-10-24-15-21-14-22-24/h2-8,11,14-15,20H,9-10,12-13H2,1H3. The fraction of sp³-hybridized carbons (Fsp3) is 0.300. The van der Waals surface area contributed by atoms with Gasteiger partial charge in [0.25, 0.3) is 0 Å². The van der Waals surface area contributed by atoms with E-state index in [0.29, 0.717) is 6.04 Å². The van der Waals surface area contributed by atoms with Gasteiger partial charge < -0.3 is 4.74 Å². The summed E-state index contributed by atoms with van der Waals surface area (Å²) < 4.78 is 7.30. The highest BCUT2D eigenvalue weighted by Crippen LogP contribution is 2.34. The molecule has 2 aromatic carbocycles. The molecule has 0 amide bonds. The molecule has 3 aromatic rings. The van der Waals surface area contributed by atoms with E-state index in [1.807, 2.05) is 4.68 Å². The lowest BCUT2D eigenvalue weighted by Gasteiger charge is -2.37. The van der Waals surface area contributed by atoms with Gasteiger partial charge in [0.15, 0.2) is 0 Å². The first-order valence-electron chi connectivity index (χ1n) is 8.60. The number of ether oxygens (including phenoxy) is 1. The van der Waals surface area contributed by atoms with E-state index in [1.165, 1.54) is 16.7 Å². The Morgan fingerprint density at radius 2 is 1.96 bits per heavy atom. The van der Waals surface area contributed by atoms with Crippen LogP contribution in [0.3, 0.4) is 0 Å². The maximum Gasteiger partial charge on any atom is 0.137 e. The summed E-state index contributed by atoms with van der Waals surface area (Å²) in [6, 6.07) is 17.6. The maximum atomic E-state index is 5.40. The van der Waals surface area contributed by atoms with Gasteiger partial charge in [0.05, 0.1) is 13.7 Å². The molecule has 4 rings (SSSR count). The lowest BCUT2D eigenvalue weighted by Crippen LogP contribution is -2.36. The summed E-state index contributed by atoms with van der Waals surface area (Å²) in [5, 5.41) is 4.23. The molecule has 0 saturated carbocycles. The summed E-state index contributed by atoms with van der Waals surface area (Å²) in [5.74, 6) is 0.924. The molecule has 2 heterocycles. The Morgan fingerprint density at radius 1 is 1.08 bits per heavy atom. The Balaban J connectivity index is 1.61. The zero-order valence-corrected chi connectivity index (χ0v) is 14.4. The average molecular weight is 334 g/mol. The van der Waals surface area contributed by atoms with E-state index in [4.69, 9.17) is 4.74 Å². The first-order valence-corrected chi connectivity index (χ1v) is 8.60. The van der Waals surface area contributed by atoms with Crippen LogP contribution in [-0.2, 0) is 19.5 Å². The number of nitrogens with zero attached hydrogens (tertiary/aromatic N) is 4. The van der Waals surface area contributed by atoms with E-state index in [2.05, 4.69) is 63.5 Å². The third-order valence-corrected chi connectivity index (χ3v) is 4.91. The van der Waals surface area contributed by atoms with E-state index in [1.54, 1.807) is 19.8 Å². The largest absolute Gasteiger partial charge is 0.497 e. The number of benzene rings is 2. The topological polar surface area (TPSA) is 43.2 Å². The van der Waals surface area contributed by atoms with Crippen molar-refractivity contribution in [1.29, 1.82) is 0 Å². The van der Waals surface area contributed by atoms with Crippen LogP contribution in [0.1, 0.15) is 22.7 Å². The highest BCUT2D eigenvalue weighted by atomic mass is 16.5. The van der Waals surface area contributed by atoms with Crippen LogP contribution in [0.5, 0.6) is 5.75 Å². The van der Waals surface area contributed by atoms with Crippen molar-refractivity contribution in [1.82, 2.24) is 19.7 Å². The molecule has 25 heavy (non-hydrogen) atoms. The molecule has 0 aliphatic carbocycles. The number of methoxy groups -OCH3 is 1. The van der Waals surface area contributed by atoms with Crippen LogP contribution in [0, 0.1) is 0 Å².